The molecule has 0 bridgehead atoms. The maximum absolute atomic E-state index is 12.1. The van der Waals surface area contributed by atoms with Gasteiger partial charge in [-0.15, -0.1) is 0 Å². The standard InChI is InChI=1S/C19H21Cl2N3O3/c1-24(2)14-7-3-6-13(12-14)19(26)23-22-17(25)10-5-11-27-16-9-4-8-15(20)18(16)21/h3-4,6-9,12H,5,10-11H2,1-2H3,(H,22,25)(H,23,26). The number of rotatable bonds is 7. The smallest absolute Gasteiger partial charge is 0.269 e. The zero-order chi connectivity index (χ0) is 19.8. The Morgan fingerprint density at radius 1 is 1.07 bits per heavy atom. The van der Waals surface area contributed by atoms with E-state index < -0.39 is 0 Å². The summed E-state index contributed by atoms with van der Waals surface area (Å²) in [5.41, 5.74) is 6.15. The molecule has 2 rings (SSSR count). The van der Waals surface area contributed by atoms with E-state index in [2.05, 4.69) is 10.9 Å². The molecule has 0 aliphatic heterocycles. The topological polar surface area (TPSA) is 70.7 Å². The summed E-state index contributed by atoms with van der Waals surface area (Å²) in [7, 11) is 3.77. The van der Waals surface area contributed by atoms with Gasteiger partial charge >= 0.3 is 0 Å². The number of hydrogen-bond donors (Lipinski definition) is 2. The quantitative estimate of drug-likeness (QED) is 0.540. The Morgan fingerprint density at radius 3 is 2.56 bits per heavy atom. The molecule has 0 aromatic heterocycles. The minimum Gasteiger partial charge on any atom is -0.492 e. The van der Waals surface area contributed by atoms with Crippen LogP contribution in [0.5, 0.6) is 5.75 Å². The van der Waals surface area contributed by atoms with Crippen molar-refractivity contribution in [2.24, 2.45) is 0 Å². The lowest BCUT2D eigenvalue weighted by atomic mass is 10.2. The molecular formula is C19H21Cl2N3O3. The summed E-state index contributed by atoms with van der Waals surface area (Å²) in [6.45, 7) is 0.298. The molecule has 0 aliphatic carbocycles. The highest BCUT2D eigenvalue weighted by Gasteiger charge is 2.09. The Balaban J connectivity index is 1.72. The molecule has 0 radical (unpaired) electrons. The molecule has 2 N–H and O–H groups in total. The first-order valence-corrected chi connectivity index (χ1v) is 9.07. The zero-order valence-electron chi connectivity index (χ0n) is 15.1. The van der Waals surface area contributed by atoms with Crippen molar-refractivity contribution in [3.05, 3.63) is 58.1 Å². The van der Waals surface area contributed by atoms with Crippen molar-refractivity contribution < 1.29 is 14.3 Å². The summed E-state index contributed by atoms with van der Waals surface area (Å²) in [5, 5.41) is 0.754. The highest BCUT2D eigenvalue weighted by molar-refractivity contribution is 6.42. The average Bonchev–Trinajstić information content (AvgIpc) is 2.66. The van der Waals surface area contributed by atoms with Gasteiger partial charge in [-0.2, -0.15) is 0 Å². The predicted octanol–water partition coefficient (Wildman–Crippen LogP) is 3.68. The van der Waals surface area contributed by atoms with Crippen LogP contribution in [0, 0.1) is 0 Å². The normalized spacial score (nSPS) is 10.2. The minimum atomic E-state index is -0.381. The van der Waals surface area contributed by atoms with Crippen LogP contribution in [0.1, 0.15) is 23.2 Å². The van der Waals surface area contributed by atoms with Gasteiger partial charge in [0.1, 0.15) is 10.8 Å². The van der Waals surface area contributed by atoms with Gasteiger partial charge in [-0.05, 0) is 36.8 Å². The number of ether oxygens (including phenoxy) is 1. The number of hydrazine groups is 1. The third kappa shape index (κ3) is 6.34. The number of benzene rings is 2. The van der Waals surface area contributed by atoms with Gasteiger partial charge in [0, 0.05) is 31.8 Å². The molecule has 8 heteroatoms. The number of nitrogens with one attached hydrogen (secondary N) is 2. The van der Waals surface area contributed by atoms with Crippen LogP contribution in [0.15, 0.2) is 42.5 Å². The molecule has 0 aliphatic rings. The van der Waals surface area contributed by atoms with Crippen LogP contribution < -0.4 is 20.5 Å². The van der Waals surface area contributed by atoms with E-state index >= 15 is 0 Å². The zero-order valence-corrected chi connectivity index (χ0v) is 16.6. The van der Waals surface area contributed by atoms with E-state index in [1.54, 1.807) is 36.4 Å². The molecule has 0 saturated heterocycles. The Bertz CT molecular complexity index is 813. The van der Waals surface area contributed by atoms with Crippen LogP contribution in [0.3, 0.4) is 0 Å². The number of carbonyl (C=O) groups excluding carboxylic acids is 2. The summed E-state index contributed by atoms with van der Waals surface area (Å²) in [4.78, 5) is 25.9. The summed E-state index contributed by atoms with van der Waals surface area (Å²) in [6.07, 6.45) is 0.650. The van der Waals surface area contributed by atoms with Crippen LogP contribution in [0.2, 0.25) is 10.0 Å². The van der Waals surface area contributed by atoms with Crippen molar-refractivity contribution in [3.8, 4) is 5.75 Å². The first-order valence-electron chi connectivity index (χ1n) is 8.32. The van der Waals surface area contributed by atoms with Crippen LogP contribution in [0.4, 0.5) is 5.69 Å². The first kappa shape index (κ1) is 20.9. The molecule has 2 aromatic carbocycles. The van der Waals surface area contributed by atoms with Crippen molar-refractivity contribution in [3.63, 3.8) is 0 Å². The number of nitrogens with zero attached hydrogens (tertiary/aromatic N) is 1. The summed E-state index contributed by atoms with van der Waals surface area (Å²) in [6, 6.07) is 12.2. The molecule has 0 unspecified atom stereocenters. The Kier molecular flexibility index (Phi) is 7.76. The van der Waals surface area contributed by atoms with Crippen molar-refractivity contribution in [2.45, 2.75) is 12.8 Å². The van der Waals surface area contributed by atoms with E-state index in [0.717, 1.165) is 5.69 Å². The van der Waals surface area contributed by atoms with Crippen molar-refractivity contribution in [1.82, 2.24) is 10.9 Å². The Hall–Kier alpha value is -2.44. The fourth-order valence-corrected chi connectivity index (χ4v) is 2.54. The van der Waals surface area contributed by atoms with Gasteiger partial charge in [0.25, 0.3) is 5.91 Å². The maximum Gasteiger partial charge on any atom is 0.269 e. The average molecular weight is 410 g/mol. The number of amides is 2. The summed E-state index contributed by atoms with van der Waals surface area (Å²) < 4.78 is 5.51. The second-order valence-electron chi connectivity index (χ2n) is 5.95. The highest BCUT2D eigenvalue weighted by atomic mass is 35.5. The molecule has 6 nitrogen and oxygen atoms in total. The molecule has 2 aromatic rings. The molecule has 0 saturated carbocycles. The third-order valence-corrected chi connectivity index (χ3v) is 4.46. The molecule has 0 spiro atoms. The van der Waals surface area contributed by atoms with Gasteiger partial charge in [0.2, 0.25) is 5.91 Å². The number of anilines is 1. The minimum absolute atomic E-state index is 0.191. The second kappa shape index (κ2) is 10.0. The fourth-order valence-electron chi connectivity index (χ4n) is 2.20. The predicted molar refractivity (Wildman–Crippen MR) is 108 cm³/mol. The van der Waals surface area contributed by atoms with Gasteiger partial charge in [0.05, 0.1) is 11.6 Å². The van der Waals surface area contributed by atoms with E-state index in [-0.39, 0.29) is 18.2 Å². The van der Waals surface area contributed by atoms with Crippen molar-refractivity contribution in [2.75, 3.05) is 25.6 Å². The number of halogens is 2. The maximum atomic E-state index is 12.1. The van der Waals surface area contributed by atoms with Crippen LogP contribution in [0.25, 0.3) is 0 Å². The molecule has 0 fully saturated rings. The molecule has 2 amide bonds. The van der Waals surface area contributed by atoms with E-state index in [4.69, 9.17) is 27.9 Å². The number of hydrogen-bond acceptors (Lipinski definition) is 4. The number of carbonyl (C=O) groups is 2. The summed E-state index contributed by atoms with van der Waals surface area (Å²) in [5.74, 6) is -0.222. The van der Waals surface area contributed by atoms with Gasteiger partial charge < -0.3 is 9.64 Å². The first-order chi connectivity index (χ1) is 12.9. The van der Waals surface area contributed by atoms with Crippen molar-refractivity contribution in [1.29, 1.82) is 0 Å². The largest absolute Gasteiger partial charge is 0.492 e. The van der Waals surface area contributed by atoms with E-state index in [9.17, 15) is 9.59 Å². The SMILES string of the molecule is CN(C)c1cccc(C(=O)NNC(=O)CCCOc2cccc(Cl)c2Cl)c1. The Morgan fingerprint density at radius 2 is 1.81 bits per heavy atom. The lowest BCUT2D eigenvalue weighted by Gasteiger charge is -2.13. The van der Waals surface area contributed by atoms with Gasteiger partial charge in [-0.1, -0.05) is 35.3 Å². The lowest BCUT2D eigenvalue weighted by molar-refractivity contribution is -0.122. The van der Waals surface area contributed by atoms with Gasteiger partial charge in [-0.3, -0.25) is 20.4 Å². The van der Waals surface area contributed by atoms with Crippen LogP contribution in [-0.2, 0) is 4.79 Å². The highest BCUT2D eigenvalue weighted by Crippen LogP contribution is 2.31. The van der Waals surface area contributed by atoms with Gasteiger partial charge in [-0.25, -0.2) is 0 Å². The lowest BCUT2D eigenvalue weighted by Crippen LogP contribution is -2.41. The van der Waals surface area contributed by atoms with Crippen LogP contribution in [-0.4, -0.2) is 32.5 Å². The molecule has 27 heavy (non-hydrogen) atoms. The monoisotopic (exact) mass is 409 g/mol. The molecular weight excluding hydrogens is 389 g/mol. The Labute approximate surface area is 168 Å². The van der Waals surface area contributed by atoms with Gasteiger partial charge in [0.15, 0.2) is 0 Å². The van der Waals surface area contributed by atoms with E-state index in [1.165, 1.54) is 0 Å². The molecule has 144 valence electrons. The van der Waals surface area contributed by atoms with E-state index in [0.29, 0.717) is 34.4 Å². The van der Waals surface area contributed by atoms with E-state index in [1.807, 2.05) is 25.1 Å². The van der Waals surface area contributed by atoms with Crippen LogP contribution >= 0.6 is 23.2 Å². The fraction of sp³-hybridized carbons (Fsp3) is 0.263. The van der Waals surface area contributed by atoms with Crippen molar-refractivity contribution >= 4 is 40.7 Å². The summed E-state index contributed by atoms with van der Waals surface area (Å²) >= 11 is 11.9. The molecule has 0 atom stereocenters. The third-order valence-electron chi connectivity index (χ3n) is 3.66. The second-order valence-corrected chi connectivity index (χ2v) is 6.74. The molecule has 0 heterocycles.